The first kappa shape index (κ1) is 17.2. The standard InChI is InChI=1S/C17H24N2O4S/c1-2-17(9-10-17)24(22,23)18-14-7-11-19(12-8-14)15-5-3-13(4-6-15)16(20)21/h3-6,14,18H,2,7-12H2,1H3,(H,20,21). The Balaban J connectivity index is 1.57. The fraction of sp³-hybridized carbons (Fsp3) is 0.588. The number of piperidine rings is 1. The first-order valence-electron chi connectivity index (χ1n) is 8.47. The topological polar surface area (TPSA) is 86.7 Å². The summed E-state index contributed by atoms with van der Waals surface area (Å²) in [4.78, 5) is 13.1. The normalized spacial score (nSPS) is 20.8. The number of nitrogens with zero attached hydrogens (tertiary/aromatic N) is 1. The number of carboxylic acids is 1. The number of anilines is 1. The van der Waals surface area contributed by atoms with Crippen molar-refractivity contribution in [3.8, 4) is 0 Å². The number of rotatable bonds is 6. The van der Waals surface area contributed by atoms with Gasteiger partial charge in [0, 0.05) is 24.8 Å². The zero-order valence-corrected chi connectivity index (χ0v) is 14.7. The van der Waals surface area contributed by atoms with Gasteiger partial charge in [-0.3, -0.25) is 0 Å². The number of hydrogen-bond donors (Lipinski definition) is 2. The van der Waals surface area contributed by atoms with E-state index in [-0.39, 0.29) is 11.6 Å². The number of sulfonamides is 1. The molecule has 0 spiro atoms. The van der Waals surface area contributed by atoms with E-state index in [1.807, 2.05) is 19.1 Å². The molecular formula is C17H24N2O4S. The van der Waals surface area contributed by atoms with Gasteiger partial charge in [0.05, 0.1) is 10.3 Å². The number of nitrogens with one attached hydrogen (secondary N) is 1. The molecule has 3 rings (SSSR count). The molecule has 7 heteroatoms. The zero-order valence-electron chi connectivity index (χ0n) is 13.9. The first-order valence-corrected chi connectivity index (χ1v) is 9.95. The van der Waals surface area contributed by atoms with Crippen molar-refractivity contribution >= 4 is 21.7 Å². The summed E-state index contributed by atoms with van der Waals surface area (Å²) in [5.41, 5.74) is 1.25. The van der Waals surface area contributed by atoms with Crippen molar-refractivity contribution in [3.05, 3.63) is 29.8 Å². The number of carbonyl (C=O) groups is 1. The van der Waals surface area contributed by atoms with Crippen molar-refractivity contribution in [2.45, 2.75) is 49.8 Å². The summed E-state index contributed by atoms with van der Waals surface area (Å²) in [5.74, 6) is -0.931. The molecule has 1 saturated carbocycles. The third kappa shape index (κ3) is 3.28. The Labute approximate surface area is 142 Å². The molecule has 1 heterocycles. The minimum Gasteiger partial charge on any atom is -0.478 e. The fourth-order valence-corrected chi connectivity index (χ4v) is 5.31. The minimum atomic E-state index is -3.23. The monoisotopic (exact) mass is 352 g/mol. The highest BCUT2D eigenvalue weighted by Gasteiger charge is 2.53. The van der Waals surface area contributed by atoms with Gasteiger partial charge in [-0.15, -0.1) is 0 Å². The van der Waals surface area contributed by atoms with E-state index in [0.29, 0.717) is 6.42 Å². The van der Waals surface area contributed by atoms with Crippen LogP contribution in [0.1, 0.15) is 49.4 Å². The van der Waals surface area contributed by atoms with Crippen LogP contribution in [0.3, 0.4) is 0 Å². The Bertz CT molecular complexity index is 703. The van der Waals surface area contributed by atoms with Gasteiger partial charge in [0.15, 0.2) is 0 Å². The molecule has 0 amide bonds. The number of hydrogen-bond acceptors (Lipinski definition) is 4. The molecule has 1 saturated heterocycles. The molecule has 0 bridgehead atoms. The second kappa shape index (κ2) is 6.37. The minimum absolute atomic E-state index is 0.00596. The van der Waals surface area contributed by atoms with Crippen LogP contribution in [-0.2, 0) is 10.0 Å². The van der Waals surface area contributed by atoms with Gasteiger partial charge in [0.2, 0.25) is 10.0 Å². The van der Waals surface area contributed by atoms with Crippen molar-refractivity contribution in [2.75, 3.05) is 18.0 Å². The Morgan fingerprint density at radius 3 is 2.29 bits per heavy atom. The Hall–Kier alpha value is -1.60. The number of benzene rings is 1. The van der Waals surface area contributed by atoms with Gasteiger partial charge in [0.1, 0.15) is 0 Å². The first-order chi connectivity index (χ1) is 11.4. The van der Waals surface area contributed by atoms with E-state index in [1.165, 1.54) is 0 Å². The van der Waals surface area contributed by atoms with Crippen LogP contribution in [0.15, 0.2) is 24.3 Å². The van der Waals surface area contributed by atoms with Crippen LogP contribution in [-0.4, -0.2) is 43.4 Å². The van der Waals surface area contributed by atoms with Crippen molar-refractivity contribution < 1.29 is 18.3 Å². The lowest BCUT2D eigenvalue weighted by Crippen LogP contribution is -2.47. The second-order valence-corrected chi connectivity index (χ2v) is 8.88. The molecule has 0 unspecified atom stereocenters. The second-order valence-electron chi connectivity index (χ2n) is 6.77. The molecule has 0 radical (unpaired) electrons. The van der Waals surface area contributed by atoms with Crippen molar-refractivity contribution in [3.63, 3.8) is 0 Å². The van der Waals surface area contributed by atoms with Crippen molar-refractivity contribution in [2.24, 2.45) is 0 Å². The van der Waals surface area contributed by atoms with Crippen LogP contribution >= 0.6 is 0 Å². The Morgan fingerprint density at radius 1 is 1.25 bits per heavy atom. The average molecular weight is 352 g/mol. The highest BCUT2D eigenvalue weighted by atomic mass is 32.2. The highest BCUT2D eigenvalue weighted by Crippen LogP contribution is 2.46. The Kier molecular flexibility index (Phi) is 4.57. The maximum absolute atomic E-state index is 12.5. The molecule has 24 heavy (non-hydrogen) atoms. The lowest BCUT2D eigenvalue weighted by atomic mass is 10.1. The van der Waals surface area contributed by atoms with Gasteiger partial charge < -0.3 is 10.0 Å². The van der Waals surface area contributed by atoms with E-state index in [2.05, 4.69) is 9.62 Å². The van der Waals surface area contributed by atoms with Crippen LogP contribution in [0, 0.1) is 0 Å². The number of carboxylic acid groups (broad SMARTS) is 1. The van der Waals surface area contributed by atoms with Crippen molar-refractivity contribution in [1.29, 1.82) is 0 Å². The molecular weight excluding hydrogens is 328 g/mol. The van der Waals surface area contributed by atoms with E-state index >= 15 is 0 Å². The average Bonchev–Trinajstić information content (AvgIpc) is 3.37. The summed E-state index contributed by atoms with van der Waals surface area (Å²) in [6, 6.07) is 6.82. The maximum Gasteiger partial charge on any atom is 0.335 e. The maximum atomic E-state index is 12.5. The number of aromatic carboxylic acids is 1. The molecule has 132 valence electrons. The predicted molar refractivity (Wildman–Crippen MR) is 92.9 cm³/mol. The summed E-state index contributed by atoms with van der Waals surface area (Å²) >= 11 is 0. The van der Waals surface area contributed by atoms with Crippen LogP contribution in [0.4, 0.5) is 5.69 Å². The van der Waals surface area contributed by atoms with Crippen molar-refractivity contribution in [1.82, 2.24) is 4.72 Å². The van der Waals surface area contributed by atoms with E-state index in [1.54, 1.807) is 12.1 Å². The van der Waals surface area contributed by atoms with Crippen LogP contribution in [0.25, 0.3) is 0 Å². The Morgan fingerprint density at radius 2 is 1.83 bits per heavy atom. The largest absolute Gasteiger partial charge is 0.478 e. The summed E-state index contributed by atoms with van der Waals surface area (Å²) in [7, 11) is -3.23. The third-order valence-electron chi connectivity index (χ3n) is 5.32. The molecule has 2 fully saturated rings. The highest BCUT2D eigenvalue weighted by molar-refractivity contribution is 7.91. The van der Waals surface area contributed by atoms with Gasteiger partial charge in [-0.05, 0) is 56.4 Å². The lowest BCUT2D eigenvalue weighted by Gasteiger charge is -2.34. The zero-order chi connectivity index (χ0) is 17.4. The molecule has 1 aromatic rings. The summed E-state index contributed by atoms with van der Waals surface area (Å²) in [6.07, 6.45) is 3.75. The summed E-state index contributed by atoms with van der Waals surface area (Å²) in [5, 5.41) is 8.94. The molecule has 0 aromatic heterocycles. The predicted octanol–water partition coefficient (Wildman–Crippen LogP) is 2.22. The molecule has 1 aliphatic carbocycles. The van der Waals surface area contributed by atoms with Crippen LogP contribution in [0.5, 0.6) is 0 Å². The van der Waals surface area contributed by atoms with Gasteiger partial charge >= 0.3 is 5.97 Å². The molecule has 6 nitrogen and oxygen atoms in total. The van der Waals surface area contributed by atoms with Crippen LogP contribution < -0.4 is 9.62 Å². The molecule has 1 aromatic carbocycles. The SMILES string of the molecule is CCC1(S(=O)(=O)NC2CCN(c3ccc(C(=O)O)cc3)CC2)CC1. The molecule has 2 aliphatic rings. The molecule has 0 atom stereocenters. The fourth-order valence-electron chi connectivity index (χ4n) is 3.37. The van der Waals surface area contributed by atoms with Gasteiger partial charge in [-0.2, -0.15) is 0 Å². The van der Waals surface area contributed by atoms with Crippen LogP contribution in [0.2, 0.25) is 0 Å². The molecule has 1 aliphatic heterocycles. The van der Waals surface area contributed by atoms with E-state index < -0.39 is 20.7 Å². The molecule has 2 N–H and O–H groups in total. The quantitative estimate of drug-likeness (QED) is 0.820. The van der Waals surface area contributed by atoms with Gasteiger partial charge in [0.25, 0.3) is 0 Å². The lowest BCUT2D eigenvalue weighted by molar-refractivity contribution is 0.0697. The van der Waals surface area contributed by atoms with E-state index in [4.69, 9.17) is 5.11 Å². The summed E-state index contributed by atoms with van der Waals surface area (Å²) < 4.78 is 27.4. The van der Waals surface area contributed by atoms with E-state index in [0.717, 1.165) is 44.5 Å². The van der Waals surface area contributed by atoms with Gasteiger partial charge in [-0.25, -0.2) is 17.9 Å². The smallest absolute Gasteiger partial charge is 0.335 e. The third-order valence-corrected chi connectivity index (χ3v) is 7.80. The van der Waals surface area contributed by atoms with Gasteiger partial charge in [-0.1, -0.05) is 6.92 Å². The van der Waals surface area contributed by atoms with E-state index in [9.17, 15) is 13.2 Å². The summed E-state index contributed by atoms with van der Waals surface area (Å²) in [6.45, 7) is 3.47.